The van der Waals surface area contributed by atoms with Gasteiger partial charge in [-0.2, -0.15) is 0 Å². The first-order chi connectivity index (χ1) is 9.85. The van der Waals surface area contributed by atoms with Crippen LogP contribution in [0.25, 0.3) is 0 Å². The van der Waals surface area contributed by atoms with E-state index in [1.165, 1.54) is 0 Å². The second kappa shape index (κ2) is 7.67. The van der Waals surface area contributed by atoms with Crippen molar-refractivity contribution in [2.24, 2.45) is 4.99 Å². The Hall–Kier alpha value is -2.04. The number of hydrogen-bond acceptors (Lipinski definition) is 2. The number of nitrogens with one attached hydrogen (secondary N) is 3. The molecule has 0 spiro atoms. The Morgan fingerprint density at radius 2 is 2.00 bits per heavy atom. The number of carbonyl (C=O) groups excluding carboxylic acids is 1. The summed E-state index contributed by atoms with van der Waals surface area (Å²) in [6, 6.07) is 7.50. The lowest BCUT2D eigenvalue weighted by Crippen LogP contribution is -2.47. The minimum atomic E-state index is -0.0828. The minimum absolute atomic E-state index is 0.0506. The molecule has 0 bridgehead atoms. The van der Waals surface area contributed by atoms with Gasteiger partial charge in [-0.1, -0.05) is 12.1 Å². The van der Waals surface area contributed by atoms with E-state index in [4.69, 9.17) is 0 Å². The molecule has 1 aromatic carbocycles. The molecule has 0 aromatic heterocycles. The van der Waals surface area contributed by atoms with Crippen molar-refractivity contribution in [1.29, 1.82) is 0 Å². The molecule has 1 rings (SSSR count). The predicted octanol–water partition coefficient (Wildman–Crippen LogP) is 1.90. The number of nitrogens with zero attached hydrogens (tertiary/aromatic N) is 1. The van der Waals surface area contributed by atoms with Crippen LogP contribution in [0.4, 0.5) is 0 Å². The van der Waals surface area contributed by atoms with Crippen molar-refractivity contribution in [3.05, 3.63) is 35.4 Å². The van der Waals surface area contributed by atoms with Gasteiger partial charge in [-0.15, -0.1) is 0 Å². The summed E-state index contributed by atoms with van der Waals surface area (Å²) in [5, 5.41) is 9.18. The highest BCUT2D eigenvalue weighted by molar-refractivity contribution is 5.94. The summed E-state index contributed by atoms with van der Waals surface area (Å²) in [5.74, 6) is 0.691. The summed E-state index contributed by atoms with van der Waals surface area (Å²) in [6.07, 6.45) is 0. The first kappa shape index (κ1) is 17.0. The highest BCUT2D eigenvalue weighted by Gasteiger charge is 2.11. The van der Waals surface area contributed by atoms with Gasteiger partial charge in [-0.3, -0.25) is 4.79 Å². The standard InChI is InChI=1S/C16H26N4O/c1-6-18-15(20-16(2,3)4)19-11-12-8-7-9-13(10-12)14(21)17-5/h7-10H,6,11H2,1-5H3,(H,17,21)(H2,18,19,20). The van der Waals surface area contributed by atoms with Crippen LogP contribution in [-0.2, 0) is 6.54 Å². The van der Waals surface area contributed by atoms with Crippen molar-refractivity contribution in [2.45, 2.75) is 39.8 Å². The fourth-order valence-corrected chi connectivity index (χ4v) is 1.79. The molecule has 3 N–H and O–H groups in total. The van der Waals surface area contributed by atoms with E-state index in [0.29, 0.717) is 12.1 Å². The van der Waals surface area contributed by atoms with Crippen molar-refractivity contribution in [1.82, 2.24) is 16.0 Å². The number of carbonyl (C=O) groups is 1. The van der Waals surface area contributed by atoms with Crippen LogP contribution in [0.15, 0.2) is 29.3 Å². The Balaban J connectivity index is 2.82. The van der Waals surface area contributed by atoms with Gasteiger partial charge in [0.25, 0.3) is 5.91 Å². The Morgan fingerprint density at radius 3 is 2.57 bits per heavy atom. The van der Waals surface area contributed by atoms with Gasteiger partial charge in [0.15, 0.2) is 5.96 Å². The van der Waals surface area contributed by atoms with Gasteiger partial charge in [-0.25, -0.2) is 4.99 Å². The second-order valence-electron chi connectivity index (χ2n) is 5.85. The van der Waals surface area contributed by atoms with Crippen molar-refractivity contribution in [2.75, 3.05) is 13.6 Å². The average molecular weight is 290 g/mol. The molecule has 0 saturated heterocycles. The Labute approximate surface area is 127 Å². The number of benzene rings is 1. The Morgan fingerprint density at radius 1 is 1.29 bits per heavy atom. The summed E-state index contributed by atoms with van der Waals surface area (Å²) >= 11 is 0. The third-order valence-corrected chi connectivity index (χ3v) is 2.67. The molecule has 0 aliphatic rings. The molecule has 0 aliphatic heterocycles. The molecule has 5 heteroatoms. The van der Waals surface area contributed by atoms with Crippen LogP contribution in [0.5, 0.6) is 0 Å². The van der Waals surface area contributed by atoms with E-state index < -0.39 is 0 Å². The van der Waals surface area contributed by atoms with Crippen LogP contribution in [0.3, 0.4) is 0 Å². The molecular formula is C16H26N4O. The van der Waals surface area contributed by atoms with Crippen LogP contribution < -0.4 is 16.0 Å². The first-order valence-corrected chi connectivity index (χ1v) is 7.23. The molecular weight excluding hydrogens is 264 g/mol. The third-order valence-electron chi connectivity index (χ3n) is 2.67. The molecule has 0 aliphatic carbocycles. The summed E-state index contributed by atoms with van der Waals surface area (Å²) < 4.78 is 0. The Bertz CT molecular complexity index is 503. The molecule has 5 nitrogen and oxygen atoms in total. The number of hydrogen-bond donors (Lipinski definition) is 3. The SMILES string of the molecule is CCNC(=NCc1cccc(C(=O)NC)c1)NC(C)(C)C. The maximum Gasteiger partial charge on any atom is 0.251 e. The molecule has 116 valence electrons. The molecule has 0 unspecified atom stereocenters. The number of guanidine groups is 1. The lowest BCUT2D eigenvalue weighted by molar-refractivity contribution is 0.0963. The molecule has 1 amide bonds. The molecule has 1 aromatic rings. The van der Waals surface area contributed by atoms with E-state index in [1.807, 2.05) is 25.1 Å². The smallest absolute Gasteiger partial charge is 0.251 e. The minimum Gasteiger partial charge on any atom is -0.357 e. The first-order valence-electron chi connectivity index (χ1n) is 7.23. The van der Waals surface area contributed by atoms with Crippen molar-refractivity contribution >= 4 is 11.9 Å². The van der Waals surface area contributed by atoms with Crippen LogP contribution in [0.1, 0.15) is 43.6 Å². The van der Waals surface area contributed by atoms with E-state index in [-0.39, 0.29) is 11.4 Å². The van der Waals surface area contributed by atoms with E-state index in [2.05, 4.69) is 41.7 Å². The van der Waals surface area contributed by atoms with Crippen LogP contribution in [0.2, 0.25) is 0 Å². The Kier molecular flexibility index (Phi) is 6.21. The van der Waals surface area contributed by atoms with Gasteiger partial charge in [0.05, 0.1) is 6.54 Å². The monoisotopic (exact) mass is 290 g/mol. The van der Waals surface area contributed by atoms with Crippen molar-refractivity contribution in [3.8, 4) is 0 Å². The lowest BCUT2D eigenvalue weighted by atomic mass is 10.1. The highest BCUT2D eigenvalue weighted by atomic mass is 16.1. The fraction of sp³-hybridized carbons (Fsp3) is 0.500. The van der Waals surface area contributed by atoms with E-state index in [1.54, 1.807) is 13.1 Å². The van der Waals surface area contributed by atoms with Crippen molar-refractivity contribution in [3.63, 3.8) is 0 Å². The number of aliphatic imine (C=N–C) groups is 1. The van der Waals surface area contributed by atoms with E-state index in [0.717, 1.165) is 18.1 Å². The van der Waals surface area contributed by atoms with Gasteiger partial charge in [0.2, 0.25) is 0 Å². The van der Waals surface area contributed by atoms with Crippen LogP contribution in [-0.4, -0.2) is 31.0 Å². The topological polar surface area (TPSA) is 65.5 Å². The largest absolute Gasteiger partial charge is 0.357 e. The number of amides is 1. The highest BCUT2D eigenvalue weighted by Crippen LogP contribution is 2.07. The molecule has 0 heterocycles. The van der Waals surface area contributed by atoms with Crippen molar-refractivity contribution < 1.29 is 4.79 Å². The van der Waals surface area contributed by atoms with Gasteiger partial charge < -0.3 is 16.0 Å². The zero-order valence-corrected chi connectivity index (χ0v) is 13.6. The molecule has 0 radical (unpaired) electrons. The molecule has 0 saturated carbocycles. The summed E-state index contributed by atoms with van der Waals surface area (Å²) in [5.41, 5.74) is 1.60. The van der Waals surface area contributed by atoms with E-state index in [9.17, 15) is 4.79 Å². The fourth-order valence-electron chi connectivity index (χ4n) is 1.79. The second-order valence-corrected chi connectivity index (χ2v) is 5.85. The van der Waals surface area contributed by atoms with Gasteiger partial charge in [0.1, 0.15) is 0 Å². The zero-order valence-electron chi connectivity index (χ0n) is 13.6. The average Bonchev–Trinajstić information content (AvgIpc) is 2.43. The van der Waals surface area contributed by atoms with Crippen LogP contribution >= 0.6 is 0 Å². The summed E-state index contributed by atoms with van der Waals surface area (Å²) in [7, 11) is 1.63. The zero-order chi connectivity index (χ0) is 15.9. The normalized spacial score (nSPS) is 12.0. The summed E-state index contributed by atoms with van der Waals surface area (Å²) in [6.45, 7) is 9.63. The lowest BCUT2D eigenvalue weighted by Gasteiger charge is -2.23. The molecule has 0 atom stereocenters. The summed E-state index contributed by atoms with van der Waals surface area (Å²) in [4.78, 5) is 16.2. The third kappa shape index (κ3) is 6.29. The van der Waals surface area contributed by atoms with Gasteiger partial charge in [-0.05, 0) is 45.4 Å². The quantitative estimate of drug-likeness (QED) is 0.586. The van der Waals surface area contributed by atoms with Gasteiger partial charge >= 0.3 is 0 Å². The maximum atomic E-state index is 11.6. The molecule has 0 fully saturated rings. The molecule has 21 heavy (non-hydrogen) atoms. The van der Waals surface area contributed by atoms with Gasteiger partial charge in [0, 0.05) is 24.7 Å². The number of rotatable bonds is 4. The predicted molar refractivity (Wildman–Crippen MR) is 87.5 cm³/mol. The van der Waals surface area contributed by atoms with Crippen LogP contribution in [0, 0.1) is 0 Å². The maximum absolute atomic E-state index is 11.6. The van der Waals surface area contributed by atoms with E-state index >= 15 is 0 Å².